The van der Waals surface area contributed by atoms with E-state index >= 15 is 0 Å². The summed E-state index contributed by atoms with van der Waals surface area (Å²) < 4.78 is 9.24. The number of halogens is 1. The van der Waals surface area contributed by atoms with Gasteiger partial charge >= 0.3 is 0 Å². The number of aromatic nitrogens is 2. The number of rotatable bonds is 9. The number of hydrogen-bond donors (Lipinski definition) is 1. The van der Waals surface area contributed by atoms with Gasteiger partial charge in [-0.2, -0.15) is 0 Å². The lowest BCUT2D eigenvalue weighted by atomic mass is 10.1. The monoisotopic (exact) mass is 413 g/mol. The van der Waals surface area contributed by atoms with E-state index in [0.29, 0.717) is 6.61 Å². The van der Waals surface area contributed by atoms with Crippen LogP contribution in [0.4, 0.5) is 0 Å². The molecule has 1 aromatic heterocycles. The van der Waals surface area contributed by atoms with E-state index in [0.717, 1.165) is 41.8 Å². The molecule has 0 fully saturated rings. The molecule has 0 saturated carbocycles. The Morgan fingerprint density at radius 2 is 2.12 bits per heavy atom. The highest BCUT2D eigenvalue weighted by Crippen LogP contribution is 2.24. The molecule has 4 nitrogen and oxygen atoms in total. The topological polar surface area (TPSA) is 39.1 Å². The van der Waals surface area contributed by atoms with Gasteiger partial charge in [-0.25, -0.2) is 4.98 Å². The second kappa shape index (κ2) is 9.55. The Labute approximate surface area is 163 Å². The van der Waals surface area contributed by atoms with E-state index in [1.807, 2.05) is 30.9 Å². The summed E-state index contributed by atoms with van der Waals surface area (Å²) in [5.74, 6) is 0.928. The van der Waals surface area contributed by atoms with Crippen LogP contribution in [0.15, 0.2) is 65.7 Å². The first-order valence-electron chi connectivity index (χ1n) is 8.84. The van der Waals surface area contributed by atoms with Crippen molar-refractivity contribution in [2.45, 2.75) is 33.0 Å². The number of nitrogens with one attached hydrogen (secondary N) is 1. The predicted molar refractivity (Wildman–Crippen MR) is 108 cm³/mol. The molecule has 0 unspecified atom stereocenters. The van der Waals surface area contributed by atoms with Crippen molar-refractivity contribution >= 4 is 15.9 Å². The largest absolute Gasteiger partial charge is 0.489 e. The molecule has 3 rings (SSSR count). The lowest BCUT2D eigenvalue weighted by molar-refractivity contribution is 0.302. The highest BCUT2D eigenvalue weighted by molar-refractivity contribution is 9.10. The second-order valence-corrected chi connectivity index (χ2v) is 7.28. The molecule has 26 heavy (non-hydrogen) atoms. The SMILES string of the molecule is Cc1cccc(COc2ccc(Br)cc2CNCCCn2ccnc2)c1. The molecule has 2 aromatic carbocycles. The van der Waals surface area contributed by atoms with Crippen molar-refractivity contribution in [3.05, 3.63) is 82.3 Å². The van der Waals surface area contributed by atoms with Crippen molar-refractivity contribution < 1.29 is 4.74 Å². The second-order valence-electron chi connectivity index (χ2n) is 6.36. The van der Waals surface area contributed by atoms with Gasteiger partial charge in [-0.15, -0.1) is 0 Å². The average molecular weight is 414 g/mol. The first-order chi connectivity index (χ1) is 12.7. The molecule has 0 radical (unpaired) electrons. The van der Waals surface area contributed by atoms with Crippen LogP contribution in [-0.4, -0.2) is 16.1 Å². The molecule has 5 heteroatoms. The van der Waals surface area contributed by atoms with Gasteiger partial charge in [0, 0.05) is 35.5 Å². The lowest BCUT2D eigenvalue weighted by Crippen LogP contribution is -2.17. The first kappa shape index (κ1) is 18.7. The van der Waals surface area contributed by atoms with Crippen LogP contribution in [-0.2, 0) is 19.7 Å². The van der Waals surface area contributed by atoms with Crippen LogP contribution in [0.25, 0.3) is 0 Å². The fourth-order valence-corrected chi connectivity index (χ4v) is 3.23. The van der Waals surface area contributed by atoms with E-state index in [-0.39, 0.29) is 0 Å². The van der Waals surface area contributed by atoms with Crippen molar-refractivity contribution in [2.24, 2.45) is 0 Å². The van der Waals surface area contributed by atoms with Crippen LogP contribution < -0.4 is 10.1 Å². The predicted octanol–water partition coefficient (Wildman–Crippen LogP) is 4.71. The molecule has 0 amide bonds. The Morgan fingerprint density at radius 3 is 2.92 bits per heavy atom. The maximum Gasteiger partial charge on any atom is 0.124 e. The van der Waals surface area contributed by atoms with Gasteiger partial charge in [0.1, 0.15) is 12.4 Å². The molecule has 0 aliphatic heterocycles. The van der Waals surface area contributed by atoms with Crippen LogP contribution in [0.1, 0.15) is 23.1 Å². The summed E-state index contributed by atoms with van der Waals surface area (Å²) in [6.07, 6.45) is 6.72. The zero-order valence-corrected chi connectivity index (χ0v) is 16.6. The van der Waals surface area contributed by atoms with Gasteiger partial charge < -0.3 is 14.6 Å². The van der Waals surface area contributed by atoms with E-state index in [1.165, 1.54) is 11.1 Å². The molecular weight excluding hydrogens is 390 g/mol. The number of ether oxygens (including phenoxy) is 1. The molecule has 1 N–H and O–H groups in total. The smallest absolute Gasteiger partial charge is 0.124 e. The number of imidazole rings is 1. The summed E-state index contributed by atoms with van der Waals surface area (Å²) in [5.41, 5.74) is 3.60. The van der Waals surface area contributed by atoms with Crippen molar-refractivity contribution in [3.8, 4) is 5.75 Å². The minimum atomic E-state index is 0.580. The summed E-state index contributed by atoms with van der Waals surface area (Å²) in [6.45, 7) is 5.38. The zero-order valence-electron chi connectivity index (χ0n) is 15.0. The summed E-state index contributed by atoms with van der Waals surface area (Å²) in [7, 11) is 0. The third-order valence-corrected chi connectivity index (χ3v) is 4.64. The highest BCUT2D eigenvalue weighted by Gasteiger charge is 2.05. The molecule has 0 atom stereocenters. The normalized spacial score (nSPS) is 10.8. The summed E-state index contributed by atoms with van der Waals surface area (Å²) in [5, 5.41) is 3.50. The molecule has 0 aliphatic rings. The van der Waals surface area contributed by atoms with E-state index in [4.69, 9.17) is 4.74 Å². The van der Waals surface area contributed by atoms with Crippen LogP contribution >= 0.6 is 15.9 Å². The first-order valence-corrected chi connectivity index (χ1v) is 9.63. The lowest BCUT2D eigenvalue weighted by Gasteiger charge is -2.13. The van der Waals surface area contributed by atoms with E-state index in [1.54, 1.807) is 0 Å². The Hall–Kier alpha value is -2.11. The number of benzene rings is 2. The molecule has 3 aromatic rings. The van der Waals surface area contributed by atoms with Gasteiger partial charge in [0.05, 0.1) is 6.33 Å². The van der Waals surface area contributed by atoms with Crippen LogP contribution in [0.3, 0.4) is 0 Å². The van der Waals surface area contributed by atoms with Gasteiger partial charge in [-0.1, -0.05) is 45.8 Å². The maximum atomic E-state index is 6.08. The van der Waals surface area contributed by atoms with E-state index in [2.05, 4.69) is 68.1 Å². The van der Waals surface area contributed by atoms with Crippen molar-refractivity contribution in [2.75, 3.05) is 6.54 Å². The molecule has 0 spiro atoms. The summed E-state index contributed by atoms with van der Waals surface area (Å²) in [4.78, 5) is 4.06. The minimum absolute atomic E-state index is 0.580. The average Bonchev–Trinajstić information content (AvgIpc) is 3.14. The van der Waals surface area contributed by atoms with Crippen LogP contribution in [0.2, 0.25) is 0 Å². The quantitative estimate of drug-likeness (QED) is 0.516. The molecular formula is C21H24BrN3O. The Kier molecular flexibility index (Phi) is 6.86. The molecule has 0 saturated heterocycles. The van der Waals surface area contributed by atoms with Crippen molar-refractivity contribution in [1.82, 2.24) is 14.9 Å². The van der Waals surface area contributed by atoms with Gasteiger partial charge in [0.2, 0.25) is 0 Å². The van der Waals surface area contributed by atoms with Gasteiger partial charge in [0.25, 0.3) is 0 Å². The van der Waals surface area contributed by atoms with Gasteiger partial charge in [-0.3, -0.25) is 0 Å². The Morgan fingerprint density at radius 1 is 1.19 bits per heavy atom. The van der Waals surface area contributed by atoms with Gasteiger partial charge in [-0.05, 0) is 43.7 Å². The third kappa shape index (κ3) is 5.71. The standard InChI is InChI=1S/C21H24BrN3O/c1-17-4-2-5-18(12-17)15-26-21-7-6-20(22)13-19(21)14-23-8-3-10-25-11-9-24-16-25/h2,4-7,9,11-13,16,23H,3,8,10,14-15H2,1H3. The minimum Gasteiger partial charge on any atom is -0.489 e. The van der Waals surface area contributed by atoms with E-state index < -0.39 is 0 Å². The summed E-state index contributed by atoms with van der Waals surface area (Å²) >= 11 is 3.56. The number of aryl methyl sites for hydroxylation is 2. The maximum absolute atomic E-state index is 6.08. The fraction of sp³-hybridized carbons (Fsp3) is 0.286. The zero-order chi connectivity index (χ0) is 18.2. The number of hydrogen-bond acceptors (Lipinski definition) is 3. The van der Waals surface area contributed by atoms with E-state index in [9.17, 15) is 0 Å². The van der Waals surface area contributed by atoms with Crippen molar-refractivity contribution in [3.63, 3.8) is 0 Å². The summed E-state index contributed by atoms with van der Waals surface area (Å²) in [6, 6.07) is 14.6. The Bertz CT molecular complexity index is 818. The Balaban J connectivity index is 1.51. The highest BCUT2D eigenvalue weighted by atomic mass is 79.9. The van der Waals surface area contributed by atoms with Crippen LogP contribution in [0, 0.1) is 6.92 Å². The van der Waals surface area contributed by atoms with Crippen LogP contribution in [0.5, 0.6) is 5.75 Å². The molecule has 0 bridgehead atoms. The van der Waals surface area contributed by atoms with Crippen molar-refractivity contribution in [1.29, 1.82) is 0 Å². The number of nitrogens with zero attached hydrogens (tertiary/aromatic N) is 2. The fourth-order valence-electron chi connectivity index (χ4n) is 2.82. The third-order valence-electron chi connectivity index (χ3n) is 4.14. The molecule has 0 aliphatic carbocycles. The van der Waals surface area contributed by atoms with Gasteiger partial charge in [0.15, 0.2) is 0 Å². The molecule has 1 heterocycles. The molecule has 136 valence electrons.